The number of rotatable bonds is 2. The lowest BCUT2D eigenvalue weighted by Gasteiger charge is -2.28. The Labute approximate surface area is 122 Å². The van der Waals surface area contributed by atoms with Crippen molar-refractivity contribution < 1.29 is 14.4 Å². The van der Waals surface area contributed by atoms with Crippen molar-refractivity contribution in [2.24, 2.45) is 0 Å². The maximum atomic E-state index is 12.5. The quantitative estimate of drug-likeness (QED) is 0.692. The Morgan fingerprint density at radius 3 is 2.81 bits per heavy atom. The first-order valence-corrected chi connectivity index (χ1v) is 7.12. The molecule has 2 aliphatic heterocycles. The second-order valence-corrected chi connectivity index (χ2v) is 5.37. The summed E-state index contributed by atoms with van der Waals surface area (Å²) >= 11 is 0. The minimum absolute atomic E-state index is 0.154. The average molecular weight is 287 g/mol. The fourth-order valence-electron chi connectivity index (χ4n) is 2.84. The summed E-state index contributed by atoms with van der Waals surface area (Å²) in [5, 5.41) is 8.28. The summed E-state index contributed by atoms with van der Waals surface area (Å²) in [6.07, 6.45) is 1.32. The molecule has 3 amide bonds. The molecule has 0 radical (unpaired) electrons. The van der Waals surface area contributed by atoms with E-state index in [2.05, 4.69) is 16.0 Å². The summed E-state index contributed by atoms with van der Waals surface area (Å²) in [5.41, 5.74) is 1.92. The zero-order chi connectivity index (χ0) is 14.8. The standard InChI is InChI=1S/C15H17N3O3/c19-13-6-5-12(15(21)18-13)17-14(20)10-7-8-16-11-4-2-1-3-9(10)11/h1-4,10,12,16H,5-8H2,(H,17,20)(H,18,19,21). The Morgan fingerprint density at radius 1 is 1.19 bits per heavy atom. The Balaban J connectivity index is 1.72. The van der Waals surface area contributed by atoms with E-state index in [0.717, 1.165) is 17.8 Å². The monoisotopic (exact) mass is 287 g/mol. The van der Waals surface area contributed by atoms with E-state index in [1.165, 1.54) is 0 Å². The SMILES string of the molecule is O=C1CCC(NC(=O)C2CCNc3ccccc32)C(=O)N1. The van der Waals surface area contributed by atoms with Gasteiger partial charge in [0.1, 0.15) is 6.04 Å². The van der Waals surface area contributed by atoms with Crippen molar-refractivity contribution in [3.63, 3.8) is 0 Å². The predicted octanol–water partition coefficient (Wildman–Crippen LogP) is 0.507. The molecule has 0 saturated carbocycles. The van der Waals surface area contributed by atoms with Crippen molar-refractivity contribution in [3.05, 3.63) is 29.8 Å². The van der Waals surface area contributed by atoms with Gasteiger partial charge in [0.15, 0.2) is 0 Å². The number of fused-ring (bicyclic) bond motifs is 1. The van der Waals surface area contributed by atoms with Crippen LogP contribution < -0.4 is 16.0 Å². The number of carbonyl (C=O) groups is 3. The Hall–Kier alpha value is -2.37. The van der Waals surface area contributed by atoms with Crippen LogP contribution in [0.4, 0.5) is 5.69 Å². The number of carbonyl (C=O) groups excluding carboxylic acids is 3. The van der Waals surface area contributed by atoms with Gasteiger partial charge in [0, 0.05) is 18.7 Å². The van der Waals surface area contributed by atoms with Gasteiger partial charge in [0.25, 0.3) is 0 Å². The zero-order valence-corrected chi connectivity index (χ0v) is 11.5. The highest BCUT2D eigenvalue weighted by Crippen LogP contribution is 2.31. The van der Waals surface area contributed by atoms with Gasteiger partial charge in [-0.05, 0) is 24.5 Å². The van der Waals surface area contributed by atoms with E-state index in [1.807, 2.05) is 24.3 Å². The molecule has 110 valence electrons. The summed E-state index contributed by atoms with van der Waals surface area (Å²) in [4.78, 5) is 35.3. The minimum Gasteiger partial charge on any atom is -0.385 e. The molecule has 2 unspecified atom stereocenters. The van der Waals surface area contributed by atoms with E-state index in [9.17, 15) is 14.4 Å². The highest BCUT2D eigenvalue weighted by atomic mass is 16.2. The fraction of sp³-hybridized carbons (Fsp3) is 0.400. The summed E-state index contributed by atoms with van der Waals surface area (Å²) in [7, 11) is 0. The molecular formula is C15H17N3O3. The van der Waals surface area contributed by atoms with Crippen LogP contribution in [0.1, 0.15) is 30.7 Å². The molecule has 0 aliphatic carbocycles. The maximum absolute atomic E-state index is 12.5. The van der Waals surface area contributed by atoms with Gasteiger partial charge in [-0.1, -0.05) is 18.2 Å². The number of imide groups is 1. The van der Waals surface area contributed by atoms with Crippen LogP contribution >= 0.6 is 0 Å². The van der Waals surface area contributed by atoms with Gasteiger partial charge in [-0.3, -0.25) is 19.7 Å². The molecule has 1 aromatic carbocycles. The number of benzene rings is 1. The van der Waals surface area contributed by atoms with Crippen LogP contribution in [0.2, 0.25) is 0 Å². The molecule has 6 nitrogen and oxygen atoms in total. The van der Waals surface area contributed by atoms with Crippen molar-refractivity contribution in [1.82, 2.24) is 10.6 Å². The lowest BCUT2D eigenvalue weighted by atomic mass is 9.89. The van der Waals surface area contributed by atoms with Crippen molar-refractivity contribution in [2.45, 2.75) is 31.2 Å². The minimum atomic E-state index is -0.614. The zero-order valence-electron chi connectivity index (χ0n) is 11.5. The molecule has 21 heavy (non-hydrogen) atoms. The summed E-state index contributed by atoms with van der Waals surface area (Å²) < 4.78 is 0. The van der Waals surface area contributed by atoms with Crippen LogP contribution in [0.15, 0.2) is 24.3 Å². The molecule has 3 rings (SSSR count). The van der Waals surface area contributed by atoms with E-state index in [4.69, 9.17) is 0 Å². The first-order valence-electron chi connectivity index (χ1n) is 7.12. The van der Waals surface area contributed by atoms with Gasteiger partial charge in [0.05, 0.1) is 5.92 Å². The van der Waals surface area contributed by atoms with Gasteiger partial charge < -0.3 is 10.6 Å². The summed E-state index contributed by atoms with van der Waals surface area (Å²) in [6, 6.07) is 7.08. The third-order valence-electron chi connectivity index (χ3n) is 3.96. The molecule has 0 aromatic heterocycles. The first-order chi connectivity index (χ1) is 10.1. The van der Waals surface area contributed by atoms with E-state index in [0.29, 0.717) is 12.8 Å². The van der Waals surface area contributed by atoms with Crippen molar-refractivity contribution in [2.75, 3.05) is 11.9 Å². The van der Waals surface area contributed by atoms with Crippen LogP contribution in [0.25, 0.3) is 0 Å². The van der Waals surface area contributed by atoms with Crippen LogP contribution in [-0.2, 0) is 14.4 Å². The van der Waals surface area contributed by atoms with E-state index in [-0.39, 0.29) is 24.2 Å². The van der Waals surface area contributed by atoms with Gasteiger partial charge in [-0.25, -0.2) is 0 Å². The van der Waals surface area contributed by atoms with Crippen LogP contribution in [0.5, 0.6) is 0 Å². The van der Waals surface area contributed by atoms with Crippen LogP contribution in [0.3, 0.4) is 0 Å². The average Bonchev–Trinajstić information content (AvgIpc) is 2.49. The van der Waals surface area contributed by atoms with E-state index in [1.54, 1.807) is 0 Å². The normalized spacial score (nSPS) is 24.6. The van der Waals surface area contributed by atoms with Crippen molar-refractivity contribution in [1.29, 1.82) is 0 Å². The fourth-order valence-corrected chi connectivity index (χ4v) is 2.84. The number of anilines is 1. The number of hydrogen-bond acceptors (Lipinski definition) is 4. The molecule has 1 fully saturated rings. The number of amides is 3. The smallest absolute Gasteiger partial charge is 0.249 e. The third-order valence-corrected chi connectivity index (χ3v) is 3.96. The number of nitrogens with one attached hydrogen (secondary N) is 3. The van der Waals surface area contributed by atoms with E-state index >= 15 is 0 Å². The molecular weight excluding hydrogens is 270 g/mol. The molecule has 2 atom stereocenters. The van der Waals surface area contributed by atoms with Crippen molar-refractivity contribution in [3.8, 4) is 0 Å². The lowest BCUT2D eigenvalue weighted by Crippen LogP contribution is -2.53. The number of hydrogen-bond donors (Lipinski definition) is 3. The number of piperidine rings is 1. The topological polar surface area (TPSA) is 87.3 Å². The number of para-hydroxylation sites is 1. The lowest BCUT2D eigenvalue weighted by molar-refractivity contribution is -0.137. The van der Waals surface area contributed by atoms with Gasteiger partial charge in [0.2, 0.25) is 17.7 Å². The van der Waals surface area contributed by atoms with Gasteiger partial charge in [-0.2, -0.15) is 0 Å². The molecule has 0 spiro atoms. The molecule has 0 bridgehead atoms. The summed E-state index contributed by atoms with van der Waals surface area (Å²) in [5.74, 6) is -1.11. The molecule has 1 aromatic rings. The molecule has 1 saturated heterocycles. The van der Waals surface area contributed by atoms with Crippen LogP contribution in [-0.4, -0.2) is 30.3 Å². The van der Waals surface area contributed by atoms with Gasteiger partial charge >= 0.3 is 0 Å². The van der Waals surface area contributed by atoms with Crippen LogP contribution in [0, 0.1) is 0 Å². The highest BCUT2D eigenvalue weighted by Gasteiger charge is 2.32. The summed E-state index contributed by atoms with van der Waals surface area (Å²) in [6.45, 7) is 0.727. The largest absolute Gasteiger partial charge is 0.385 e. The van der Waals surface area contributed by atoms with Crippen molar-refractivity contribution >= 4 is 23.4 Å². The highest BCUT2D eigenvalue weighted by molar-refractivity contribution is 6.02. The Bertz CT molecular complexity index is 600. The molecule has 6 heteroatoms. The predicted molar refractivity (Wildman–Crippen MR) is 76.6 cm³/mol. The second-order valence-electron chi connectivity index (χ2n) is 5.37. The third kappa shape index (κ3) is 2.74. The Kier molecular flexibility index (Phi) is 3.60. The molecule has 3 N–H and O–H groups in total. The maximum Gasteiger partial charge on any atom is 0.249 e. The van der Waals surface area contributed by atoms with E-state index < -0.39 is 11.9 Å². The second kappa shape index (κ2) is 5.55. The van der Waals surface area contributed by atoms with Gasteiger partial charge in [-0.15, -0.1) is 0 Å². The Morgan fingerprint density at radius 2 is 2.00 bits per heavy atom. The first kappa shape index (κ1) is 13.6. The molecule has 2 aliphatic rings. The molecule has 2 heterocycles.